The van der Waals surface area contributed by atoms with E-state index in [1.807, 2.05) is 32.6 Å². The van der Waals surface area contributed by atoms with Crippen molar-refractivity contribution in [3.8, 4) is 6.07 Å². The van der Waals surface area contributed by atoms with Crippen LogP contribution in [-0.4, -0.2) is 23.4 Å². The fourth-order valence-corrected chi connectivity index (χ4v) is 1.60. The summed E-state index contributed by atoms with van der Waals surface area (Å²) in [5.41, 5.74) is 0. The van der Waals surface area contributed by atoms with Gasteiger partial charge in [-0.2, -0.15) is 5.26 Å². The van der Waals surface area contributed by atoms with Crippen LogP contribution in [0.1, 0.15) is 47.0 Å². The van der Waals surface area contributed by atoms with E-state index >= 15 is 0 Å². The standard InChI is InChI=1S/C12H22N2O/c1-5-7-11(9-13)12(15)14(8-6-2)10(3)4/h10-11H,5-8H2,1-4H3. The molecule has 0 saturated carbocycles. The molecule has 0 aliphatic rings. The van der Waals surface area contributed by atoms with Crippen molar-refractivity contribution in [1.82, 2.24) is 4.90 Å². The maximum absolute atomic E-state index is 12.0. The van der Waals surface area contributed by atoms with Gasteiger partial charge in [-0.3, -0.25) is 4.79 Å². The van der Waals surface area contributed by atoms with Crippen LogP contribution in [0.4, 0.5) is 0 Å². The lowest BCUT2D eigenvalue weighted by Gasteiger charge is -2.28. The van der Waals surface area contributed by atoms with Crippen LogP contribution in [0.15, 0.2) is 0 Å². The Morgan fingerprint density at radius 3 is 2.27 bits per heavy atom. The van der Waals surface area contributed by atoms with Crippen molar-refractivity contribution < 1.29 is 4.79 Å². The Hall–Kier alpha value is -1.04. The van der Waals surface area contributed by atoms with Crippen LogP contribution in [0.3, 0.4) is 0 Å². The van der Waals surface area contributed by atoms with Crippen LogP contribution in [-0.2, 0) is 4.79 Å². The van der Waals surface area contributed by atoms with Crippen molar-refractivity contribution in [2.24, 2.45) is 5.92 Å². The first-order valence-electron chi connectivity index (χ1n) is 5.78. The molecule has 3 heteroatoms. The molecule has 0 aromatic rings. The second kappa shape index (κ2) is 7.28. The van der Waals surface area contributed by atoms with E-state index in [0.29, 0.717) is 6.42 Å². The number of rotatable bonds is 6. The van der Waals surface area contributed by atoms with Gasteiger partial charge < -0.3 is 4.90 Å². The van der Waals surface area contributed by atoms with Gasteiger partial charge in [0.2, 0.25) is 5.91 Å². The first-order chi connectivity index (χ1) is 7.08. The molecule has 0 fully saturated rings. The average molecular weight is 210 g/mol. The summed E-state index contributed by atoms with van der Waals surface area (Å²) in [7, 11) is 0. The molecule has 0 bridgehead atoms. The molecule has 0 heterocycles. The number of nitrogens with zero attached hydrogens (tertiary/aromatic N) is 2. The summed E-state index contributed by atoms with van der Waals surface area (Å²) < 4.78 is 0. The molecule has 0 radical (unpaired) electrons. The fourth-order valence-electron chi connectivity index (χ4n) is 1.60. The molecule has 0 spiro atoms. The first kappa shape index (κ1) is 14.0. The summed E-state index contributed by atoms with van der Waals surface area (Å²) in [6, 6.07) is 2.29. The van der Waals surface area contributed by atoms with Crippen molar-refractivity contribution in [3.05, 3.63) is 0 Å². The number of hydrogen-bond acceptors (Lipinski definition) is 2. The molecule has 0 aromatic carbocycles. The molecule has 1 atom stereocenters. The Labute approximate surface area is 93.1 Å². The van der Waals surface area contributed by atoms with Gasteiger partial charge in [0.15, 0.2) is 0 Å². The van der Waals surface area contributed by atoms with Crippen LogP contribution in [0.5, 0.6) is 0 Å². The van der Waals surface area contributed by atoms with Gasteiger partial charge in [0.1, 0.15) is 5.92 Å². The Kier molecular flexibility index (Phi) is 6.77. The van der Waals surface area contributed by atoms with E-state index in [2.05, 4.69) is 6.07 Å². The Morgan fingerprint density at radius 1 is 1.33 bits per heavy atom. The highest BCUT2D eigenvalue weighted by Crippen LogP contribution is 2.12. The lowest BCUT2D eigenvalue weighted by atomic mass is 10.0. The SMILES string of the molecule is CCCC(C#N)C(=O)N(CCC)C(C)C. The van der Waals surface area contributed by atoms with Gasteiger partial charge in [-0.25, -0.2) is 0 Å². The van der Waals surface area contributed by atoms with Crippen LogP contribution < -0.4 is 0 Å². The molecule has 1 unspecified atom stereocenters. The third kappa shape index (κ3) is 4.33. The van der Waals surface area contributed by atoms with E-state index in [1.54, 1.807) is 0 Å². The molecular formula is C12H22N2O. The molecule has 0 aliphatic heterocycles. The quantitative estimate of drug-likeness (QED) is 0.676. The fraction of sp³-hybridized carbons (Fsp3) is 0.833. The maximum Gasteiger partial charge on any atom is 0.240 e. The predicted molar refractivity (Wildman–Crippen MR) is 61.2 cm³/mol. The first-order valence-corrected chi connectivity index (χ1v) is 5.78. The number of carbonyl (C=O) groups excluding carboxylic acids is 1. The number of amides is 1. The highest BCUT2D eigenvalue weighted by molar-refractivity contribution is 5.81. The molecule has 86 valence electrons. The smallest absolute Gasteiger partial charge is 0.240 e. The van der Waals surface area contributed by atoms with E-state index in [9.17, 15) is 4.79 Å². The minimum absolute atomic E-state index is 0.00352. The zero-order chi connectivity index (χ0) is 11.8. The molecule has 3 nitrogen and oxygen atoms in total. The third-order valence-electron chi connectivity index (χ3n) is 2.40. The summed E-state index contributed by atoms with van der Waals surface area (Å²) in [4.78, 5) is 13.8. The normalized spacial score (nSPS) is 12.3. The van der Waals surface area contributed by atoms with Crippen molar-refractivity contribution in [1.29, 1.82) is 5.26 Å². The number of nitriles is 1. The maximum atomic E-state index is 12.0. The minimum atomic E-state index is -0.455. The minimum Gasteiger partial charge on any atom is -0.339 e. The van der Waals surface area contributed by atoms with Crippen LogP contribution in [0.25, 0.3) is 0 Å². The summed E-state index contributed by atoms with van der Waals surface area (Å²) in [6.45, 7) is 8.78. The monoisotopic (exact) mass is 210 g/mol. The summed E-state index contributed by atoms with van der Waals surface area (Å²) in [5.74, 6) is -0.458. The Morgan fingerprint density at radius 2 is 1.93 bits per heavy atom. The molecule has 0 aromatic heterocycles. The summed E-state index contributed by atoms with van der Waals surface area (Å²) in [6.07, 6.45) is 2.48. The van der Waals surface area contributed by atoms with E-state index in [1.165, 1.54) is 0 Å². The second-order valence-electron chi connectivity index (χ2n) is 4.10. The van der Waals surface area contributed by atoms with Crippen LogP contribution in [0.2, 0.25) is 0 Å². The molecular weight excluding hydrogens is 188 g/mol. The number of carbonyl (C=O) groups is 1. The van der Waals surface area contributed by atoms with Gasteiger partial charge in [0, 0.05) is 12.6 Å². The Balaban J connectivity index is 4.53. The highest BCUT2D eigenvalue weighted by atomic mass is 16.2. The molecule has 0 saturated heterocycles. The van der Waals surface area contributed by atoms with E-state index in [-0.39, 0.29) is 11.9 Å². The zero-order valence-corrected chi connectivity index (χ0v) is 10.3. The van der Waals surface area contributed by atoms with Gasteiger partial charge in [-0.15, -0.1) is 0 Å². The van der Waals surface area contributed by atoms with Crippen molar-refractivity contribution in [3.63, 3.8) is 0 Å². The molecule has 0 N–H and O–H groups in total. The van der Waals surface area contributed by atoms with Gasteiger partial charge in [0.05, 0.1) is 6.07 Å². The lowest BCUT2D eigenvalue weighted by molar-refractivity contribution is -0.135. The molecule has 15 heavy (non-hydrogen) atoms. The van der Waals surface area contributed by atoms with E-state index < -0.39 is 5.92 Å². The summed E-state index contributed by atoms with van der Waals surface area (Å²) in [5, 5.41) is 8.93. The summed E-state index contributed by atoms with van der Waals surface area (Å²) >= 11 is 0. The molecule has 1 amide bonds. The highest BCUT2D eigenvalue weighted by Gasteiger charge is 2.24. The molecule has 0 aliphatic carbocycles. The third-order valence-corrected chi connectivity index (χ3v) is 2.40. The largest absolute Gasteiger partial charge is 0.339 e. The van der Waals surface area contributed by atoms with Gasteiger partial charge in [-0.05, 0) is 26.7 Å². The van der Waals surface area contributed by atoms with Gasteiger partial charge in [-0.1, -0.05) is 20.3 Å². The number of hydrogen-bond donors (Lipinski definition) is 0. The van der Waals surface area contributed by atoms with Crippen LogP contribution >= 0.6 is 0 Å². The Bertz CT molecular complexity index is 230. The van der Waals surface area contributed by atoms with Gasteiger partial charge in [0.25, 0.3) is 0 Å². The van der Waals surface area contributed by atoms with E-state index in [4.69, 9.17) is 5.26 Å². The van der Waals surface area contributed by atoms with Crippen LogP contribution in [0, 0.1) is 17.2 Å². The zero-order valence-electron chi connectivity index (χ0n) is 10.3. The van der Waals surface area contributed by atoms with E-state index in [0.717, 1.165) is 19.4 Å². The average Bonchev–Trinajstić information content (AvgIpc) is 2.21. The topological polar surface area (TPSA) is 44.1 Å². The van der Waals surface area contributed by atoms with Crippen molar-refractivity contribution in [2.45, 2.75) is 53.0 Å². The van der Waals surface area contributed by atoms with Crippen molar-refractivity contribution in [2.75, 3.05) is 6.54 Å². The lowest BCUT2D eigenvalue weighted by Crippen LogP contribution is -2.41. The molecule has 0 rings (SSSR count). The second-order valence-corrected chi connectivity index (χ2v) is 4.10. The van der Waals surface area contributed by atoms with Crippen molar-refractivity contribution >= 4 is 5.91 Å². The predicted octanol–water partition coefficient (Wildman–Crippen LogP) is 2.57. The van der Waals surface area contributed by atoms with Gasteiger partial charge >= 0.3 is 0 Å².